The molecule has 0 spiro atoms. The summed E-state index contributed by atoms with van der Waals surface area (Å²) in [6, 6.07) is 1.89. The van der Waals surface area contributed by atoms with Crippen molar-refractivity contribution in [2.75, 3.05) is 12.3 Å². The maximum absolute atomic E-state index is 6.11. The van der Waals surface area contributed by atoms with Crippen molar-refractivity contribution in [1.82, 2.24) is 14.6 Å². The van der Waals surface area contributed by atoms with Gasteiger partial charge in [-0.1, -0.05) is 13.8 Å². The van der Waals surface area contributed by atoms with Crippen LogP contribution >= 0.6 is 15.9 Å². The zero-order chi connectivity index (χ0) is 15.5. The number of aromatic nitrogens is 3. The third-order valence-corrected chi connectivity index (χ3v) is 6.54. The number of ether oxygens (including phenoxy) is 1. The fraction of sp³-hybridized carbons (Fsp3) is 0.625. The number of nitrogens with zero attached hydrogens (tertiary/aromatic N) is 3. The average Bonchev–Trinajstić information content (AvgIpc) is 2.85. The highest BCUT2D eigenvalue weighted by Gasteiger charge is 2.54. The second-order valence-electron chi connectivity index (χ2n) is 7.28. The molecule has 6 heteroatoms. The van der Waals surface area contributed by atoms with Crippen LogP contribution in [0.25, 0.3) is 5.65 Å². The Labute approximate surface area is 138 Å². The molecule has 3 aliphatic rings. The molecule has 118 valence electrons. The molecular formula is C16H21BrN4O. The summed E-state index contributed by atoms with van der Waals surface area (Å²) in [6.07, 6.45) is 5.88. The highest BCUT2D eigenvalue weighted by molar-refractivity contribution is 9.10. The molecule has 22 heavy (non-hydrogen) atoms. The minimum atomic E-state index is 0.386. The van der Waals surface area contributed by atoms with Crippen LogP contribution in [0.4, 0.5) is 5.95 Å². The van der Waals surface area contributed by atoms with Crippen molar-refractivity contribution in [2.45, 2.75) is 33.1 Å². The molecule has 0 aromatic carbocycles. The van der Waals surface area contributed by atoms with Crippen molar-refractivity contribution in [1.29, 1.82) is 0 Å². The van der Waals surface area contributed by atoms with Crippen molar-refractivity contribution in [2.24, 2.45) is 23.2 Å². The molecule has 2 aromatic rings. The number of hydrogen-bond acceptors (Lipinski definition) is 4. The molecule has 5 rings (SSSR count). The monoisotopic (exact) mass is 364 g/mol. The summed E-state index contributed by atoms with van der Waals surface area (Å²) in [5.41, 5.74) is 6.97. The molecule has 0 unspecified atom stereocenters. The second-order valence-corrected chi connectivity index (χ2v) is 8.14. The van der Waals surface area contributed by atoms with Crippen molar-refractivity contribution in [3.8, 4) is 5.75 Å². The first kappa shape index (κ1) is 14.3. The molecule has 0 amide bonds. The Morgan fingerprint density at radius 1 is 1.41 bits per heavy atom. The molecule has 2 bridgehead atoms. The molecule has 2 heterocycles. The van der Waals surface area contributed by atoms with E-state index in [1.54, 1.807) is 4.40 Å². The summed E-state index contributed by atoms with van der Waals surface area (Å²) >= 11 is 3.55. The van der Waals surface area contributed by atoms with E-state index in [4.69, 9.17) is 10.5 Å². The summed E-state index contributed by atoms with van der Waals surface area (Å²) in [4.78, 5) is 0. The van der Waals surface area contributed by atoms with Gasteiger partial charge in [0.05, 0.1) is 11.1 Å². The Balaban J connectivity index is 1.51. The lowest BCUT2D eigenvalue weighted by Crippen LogP contribution is -2.53. The largest absolute Gasteiger partial charge is 0.492 e. The number of halogens is 1. The number of nitrogen functional groups attached to an aromatic ring is 1. The summed E-state index contributed by atoms with van der Waals surface area (Å²) in [7, 11) is 0. The van der Waals surface area contributed by atoms with Gasteiger partial charge in [-0.25, -0.2) is 0 Å². The molecule has 0 saturated heterocycles. The van der Waals surface area contributed by atoms with Crippen molar-refractivity contribution in [3.05, 3.63) is 16.7 Å². The van der Waals surface area contributed by atoms with E-state index in [1.807, 2.05) is 12.3 Å². The average molecular weight is 365 g/mol. The minimum absolute atomic E-state index is 0.386. The van der Waals surface area contributed by atoms with Crippen LogP contribution in [0.1, 0.15) is 33.1 Å². The number of nitrogens with two attached hydrogens (primary N) is 1. The third kappa shape index (κ3) is 2.03. The van der Waals surface area contributed by atoms with E-state index < -0.39 is 0 Å². The van der Waals surface area contributed by atoms with E-state index in [2.05, 4.69) is 40.0 Å². The summed E-state index contributed by atoms with van der Waals surface area (Å²) in [5, 5.41) is 7.93. The molecule has 3 saturated carbocycles. The third-order valence-electron chi connectivity index (χ3n) is 5.94. The Hall–Kier alpha value is -1.30. The smallest absolute Gasteiger partial charge is 0.226 e. The predicted octanol–water partition coefficient (Wildman–Crippen LogP) is 3.53. The topological polar surface area (TPSA) is 65.4 Å². The first-order valence-electron chi connectivity index (χ1n) is 7.89. The molecular weight excluding hydrogens is 344 g/mol. The SMILES string of the molecule is CC1(C)[C@H]2CC[C@H](COc3cc4nnc(N)n4cc3Br)[C@H]1C2. The summed E-state index contributed by atoms with van der Waals surface area (Å²) in [6.45, 7) is 5.61. The molecule has 3 atom stereocenters. The van der Waals surface area contributed by atoms with Crippen LogP contribution in [0.2, 0.25) is 0 Å². The molecule has 2 N–H and O–H groups in total. The van der Waals surface area contributed by atoms with E-state index in [-0.39, 0.29) is 0 Å². The molecule has 0 radical (unpaired) electrons. The Morgan fingerprint density at radius 3 is 2.95 bits per heavy atom. The fourth-order valence-corrected chi connectivity index (χ4v) is 4.81. The van der Waals surface area contributed by atoms with Crippen molar-refractivity contribution < 1.29 is 4.74 Å². The van der Waals surface area contributed by atoms with E-state index in [1.165, 1.54) is 19.3 Å². The first-order chi connectivity index (χ1) is 10.5. The fourth-order valence-electron chi connectivity index (χ4n) is 4.38. The molecule has 5 nitrogen and oxygen atoms in total. The van der Waals surface area contributed by atoms with Crippen molar-refractivity contribution >= 4 is 27.5 Å². The van der Waals surface area contributed by atoms with E-state index >= 15 is 0 Å². The highest BCUT2D eigenvalue weighted by Crippen LogP contribution is 2.61. The van der Waals surface area contributed by atoms with Gasteiger partial charge in [0.1, 0.15) is 5.75 Å². The van der Waals surface area contributed by atoms with Gasteiger partial charge in [0.25, 0.3) is 0 Å². The lowest BCUT2D eigenvalue weighted by molar-refractivity contribution is -0.114. The van der Waals surface area contributed by atoms with Gasteiger partial charge in [-0.2, -0.15) is 0 Å². The van der Waals surface area contributed by atoms with Crippen LogP contribution in [0, 0.1) is 23.2 Å². The lowest BCUT2D eigenvalue weighted by Gasteiger charge is -2.60. The Morgan fingerprint density at radius 2 is 2.23 bits per heavy atom. The van der Waals surface area contributed by atoms with E-state index in [0.29, 0.717) is 22.9 Å². The van der Waals surface area contributed by atoms with Crippen LogP contribution in [0.3, 0.4) is 0 Å². The standard InChI is InChI=1S/C16H21BrN4O/c1-16(2)10-4-3-9(11(16)5-10)8-22-13-6-14-19-20-15(18)21(14)7-12(13)17/h6-7,9-11H,3-5,8H2,1-2H3,(H2,18,20)/t9-,10+,11-/m1/s1. The maximum atomic E-state index is 6.11. The van der Waals surface area contributed by atoms with Gasteiger partial charge in [0.2, 0.25) is 5.95 Å². The van der Waals surface area contributed by atoms with E-state index in [9.17, 15) is 0 Å². The zero-order valence-corrected chi connectivity index (χ0v) is 14.5. The number of rotatable bonds is 3. The van der Waals surface area contributed by atoms with Gasteiger partial charge in [-0.3, -0.25) is 4.40 Å². The van der Waals surface area contributed by atoms with Crippen molar-refractivity contribution in [3.63, 3.8) is 0 Å². The minimum Gasteiger partial charge on any atom is -0.492 e. The quantitative estimate of drug-likeness (QED) is 0.904. The van der Waals surface area contributed by atoms with Gasteiger partial charge >= 0.3 is 0 Å². The maximum Gasteiger partial charge on any atom is 0.226 e. The number of anilines is 1. The molecule has 2 aromatic heterocycles. The van der Waals surface area contributed by atoms with Gasteiger partial charge in [0, 0.05) is 12.3 Å². The lowest BCUT2D eigenvalue weighted by atomic mass is 9.46. The number of pyridine rings is 1. The zero-order valence-electron chi connectivity index (χ0n) is 12.9. The normalized spacial score (nSPS) is 29.3. The summed E-state index contributed by atoms with van der Waals surface area (Å²) in [5.74, 6) is 3.59. The second kappa shape index (κ2) is 4.85. The predicted molar refractivity (Wildman–Crippen MR) is 88.7 cm³/mol. The molecule has 3 fully saturated rings. The van der Waals surface area contributed by atoms with Crippen LogP contribution in [-0.4, -0.2) is 21.2 Å². The van der Waals surface area contributed by atoms with E-state index in [0.717, 1.165) is 28.7 Å². The summed E-state index contributed by atoms with van der Waals surface area (Å²) < 4.78 is 8.74. The van der Waals surface area contributed by atoms with Gasteiger partial charge in [0.15, 0.2) is 5.65 Å². The van der Waals surface area contributed by atoms with Gasteiger partial charge in [-0.15, -0.1) is 10.2 Å². The highest BCUT2D eigenvalue weighted by atomic mass is 79.9. The first-order valence-corrected chi connectivity index (χ1v) is 8.68. The van der Waals surface area contributed by atoms with Gasteiger partial charge < -0.3 is 10.5 Å². The Kier molecular flexibility index (Phi) is 3.15. The van der Waals surface area contributed by atoms with Gasteiger partial charge in [-0.05, 0) is 58.4 Å². The van der Waals surface area contributed by atoms with Crippen LogP contribution in [-0.2, 0) is 0 Å². The number of hydrogen-bond donors (Lipinski definition) is 1. The number of fused-ring (bicyclic) bond motifs is 3. The van der Waals surface area contributed by atoms with Crippen LogP contribution < -0.4 is 10.5 Å². The molecule has 0 aliphatic heterocycles. The molecule has 3 aliphatic carbocycles. The van der Waals surface area contributed by atoms with Crippen LogP contribution in [0.15, 0.2) is 16.7 Å². The Bertz CT molecular complexity index is 724. The van der Waals surface area contributed by atoms with Crippen LogP contribution in [0.5, 0.6) is 5.75 Å².